The van der Waals surface area contributed by atoms with E-state index in [9.17, 15) is 4.79 Å². The van der Waals surface area contributed by atoms with E-state index >= 15 is 0 Å². The standard InChI is InChI=1S/C18H16IN3OS/c1-22(2)15-9-5-13(6-10-15)17(23)21-18-20-16(11-24-18)12-3-7-14(19)8-4-12/h3-11H,1-2H3,(H,20,21,23). The summed E-state index contributed by atoms with van der Waals surface area (Å²) in [6.45, 7) is 0. The number of nitrogens with zero attached hydrogens (tertiary/aromatic N) is 2. The van der Waals surface area contributed by atoms with Gasteiger partial charge in [-0.1, -0.05) is 12.1 Å². The van der Waals surface area contributed by atoms with Crippen LogP contribution in [0.5, 0.6) is 0 Å². The van der Waals surface area contributed by atoms with Crippen LogP contribution in [0.25, 0.3) is 11.3 Å². The Morgan fingerprint density at radius 2 is 1.75 bits per heavy atom. The van der Waals surface area contributed by atoms with E-state index in [1.165, 1.54) is 14.9 Å². The third-order valence-corrected chi connectivity index (χ3v) is 4.99. The van der Waals surface area contributed by atoms with Crippen molar-refractivity contribution in [3.05, 3.63) is 63.0 Å². The van der Waals surface area contributed by atoms with Crippen molar-refractivity contribution in [2.75, 3.05) is 24.3 Å². The van der Waals surface area contributed by atoms with Gasteiger partial charge in [0.05, 0.1) is 5.69 Å². The molecule has 122 valence electrons. The number of benzene rings is 2. The monoisotopic (exact) mass is 449 g/mol. The Hall–Kier alpha value is -1.93. The highest BCUT2D eigenvalue weighted by Crippen LogP contribution is 2.26. The van der Waals surface area contributed by atoms with Crippen molar-refractivity contribution in [1.82, 2.24) is 4.98 Å². The van der Waals surface area contributed by atoms with Crippen molar-refractivity contribution in [2.45, 2.75) is 0 Å². The molecule has 0 spiro atoms. The van der Waals surface area contributed by atoms with Crippen molar-refractivity contribution in [3.63, 3.8) is 0 Å². The van der Waals surface area contributed by atoms with Crippen molar-refractivity contribution >= 4 is 50.7 Å². The van der Waals surface area contributed by atoms with Crippen molar-refractivity contribution < 1.29 is 4.79 Å². The highest BCUT2D eigenvalue weighted by molar-refractivity contribution is 14.1. The first-order valence-corrected chi connectivity index (χ1v) is 9.29. The van der Waals surface area contributed by atoms with Crippen molar-refractivity contribution in [1.29, 1.82) is 0 Å². The molecule has 1 amide bonds. The van der Waals surface area contributed by atoms with E-state index in [1.54, 1.807) is 0 Å². The topological polar surface area (TPSA) is 45.2 Å². The first-order valence-electron chi connectivity index (χ1n) is 7.33. The smallest absolute Gasteiger partial charge is 0.257 e. The van der Waals surface area contributed by atoms with E-state index in [4.69, 9.17) is 0 Å². The van der Waals surface area contributed by atoms with E-state index in [1.807, 2.05) is 72.9 Å². The summed E-state index contributed by atoms with van der Waals surface area (Å²) in [6, 6.07) is 15.6. The van der Waals surface area contributed by atoms with Crippen LogP contribution in [0, 0.1) is 3.57 Å². The largest absolute Gasteiger partial charge is 0.378 e. The highest BCUT2D eigenvalue weighted by atomic mass is 127. The van der Waals surface area contributed by atoms with Gasteiger partial charge in [0.1, 0.15) is 0 Å². The average Bonchev–Trinajstić information content (AvgIpc) is 3.04. The first-order chi connectivity index (χ1) is 11.5. The fraction of sp³-hybridized carbons (Fsp3) is 0.111. The quantitative estimate of drug-likeness (QED) is 0.586. The molecule has 0 aliphatic carbocycles. The Balaban J connectivity index is 1.72. The molecule has 0 saturated carbocycles. The molecular formula is C18H16IN3OS. The summed E-state index contributed by atoms with van der Waals surface area (Å²) in [5.74, 6) is -0.149. The van der Waals surface area contributed by atoms with Gasteiger partial charge in [-0.15, -0.1) is 11.3 Å². The number of carbonyl (C=O) groups is 1. The molecule has 0 aliphatic rings. The van der Waals surface area contributed by atoms with E-state index in [0.29, 0.717) is 10.7 Å². The van der Waals surface area contributed by atoms with E-state index in [2.05, 4.69) is 32.9 Å². The maximum atomic E-state index is 12.3. The van der Waals surface area contributed by atoms with Gasteiger partial charge in [0.15, 0.2) is 5.13 Å². The molecule has 6 heteroatoms. The maximum absolute atomic E-state index is 12.3. The van der Waals surface area contributed by atoms with Crippen LogP contribution < -0.4 is 10.2 Å². The maximum Gasteiger partial charge on any atom is 0.257 e. The summed E-state index contributed by atoms with van der Waals surface area (Å²) in [5.41, 5.74) is 3.59. The first kappa shape index (κ1) is 16.9. The molecule has 3 aromatic rings. The summed E-state index contributed by atoms with van der Waals surface area (Å²) in [4.78, 5) is 18.8. The minimum absolute atomic E-state index is 0.149. The minimum atomic E-state index is -0.149. The number of thiazole rings is 1. The van der Waals surface area contributed by atoms with Gasteiger partial charge in [0.2, 0.25) is 0 Å². The second-order valence-electron chi connectivity index (χ2n) is 5.44. The summed E-state index contributed by atoms with van der Waals surface area (Å²) >= 11 is 3.70. The molecular weight excluding hydrogens is 433 g/mol. The fourth-order valence-corrected chi connectivity index (χ4v) is 3.24. The lowest BCUT2D eigenvalue weighted by Crippen LogP contribution is -2.13. The van der Waals surface area contributed by atoms with Crippen molar-refractivity contribution in [3.8, 4) is 11.3 Å². The molecule has 0 atom stereocenters. The number of amides is 1. The number of anilines is 2. The van der Waals surface area contributed by atoms with Crippen LogP contribution in [0.2, 0.25) is 0 Å². The lowest BCUT2D eigenvalue weighted by molar-refractivity contribution is 0.102. The zero-order chi connectivity index (χ0) is 17.1. The molecule has 0 radical (unpaired) electrons. The highest BCUT2D eigenvalue weighted by Gasteiger charge is 2.10. The SMILES string of the molecule is CN(C)c1ccc(C(=O)Nc2nc(-c3ccc(I)cc3)cs2)cc1. The normalized spacial score (nSPS) is 10.5. The zero-order valence-corrected chi connectivity index (χ0v) is 16.3. The number of hydrogen-bond donors (Lipinski definition) is 1. The molecule has 24 heavy (non-hydrogen) atoms. The molecule has 2 aromatic carbocycles. The Labute approximate surface area is 158 Å². The summed E-state index contributed by atoms with van der Waals surface area (Å²) < 4.78 is 1.18. The van der Waals surface area contributed by atoms with Crippen LogP contribution in [-0.2, 0) is 0 Å². The third-order valence-electron chi connectivity index (χ3n) is 3.51. The van der Waals surface area contributed by atoms with Gasteiger partial charge in [-0.05, 0) is 59.0 Å². The molecule has 1 aromatic heterocycles. The van der Waals surface area contributed by atoms with Gasteiger partial charge >= 0.3 is 0 Å². The second kappa shape index (κ2) is 7.31. The predicted molar refractivity (Wildman–Crippen MR) is 109 cm³/mol. The lowest BCUT2D eigenvalue weighted by Gasteiger charge is -2.12. The van der Waals surface area contributed by atoms with Crippen LogP contribution in [0.1, 0.15) is 10.4 Å². The zero-order valence-electron chi connectivity index (χ0n) is 13.3. The van der Waals surface area contributed by atoms with Crippen LogP contribution >= 0.6 is 33.9 Å². The number of hydrogen-bond acceptors (Lipinski definition) is 4. The van der Waals surface area contributed by atoms with Gasteiger partial charge in [-0.3, -0.25) is 10.1 Å². The Morgan fingerprint density at radius 1 is 1.08 bits per heavy atom. The van der Waals surface area contributed by atoms with Gasteiger partial charge < -0.3 is 4.90 Å². The van der Waals surface area contributed by atoms with Crippen LogP contribution in [0.15, 0.2) is 53.9 Å². The van der Waals surface area contributed by atoms with Crippen LogP contribution in [0.3, 0.4) is 0 Å². The molecule has 0 unspecified atom stereocenters. The van der Waals surface area contributed by atoms with Gasteiger partial charge in [0, 0.05) is 39.9 Å². The van der Waals surface area contributed by atoms with E-state index in [0.717, 1.165) is 16.9 Å². The fourth-order valence-electron chi connectivity index (χ4n) is 2.16. The average molecular weight is 449 g/mol. The molecule has 1 N–H and O–H groups in total. The van der Waals surface area contributed by atoms with Gasteiger partial charge in [-0.2, -0.15) is 0 Å². The number of carbonyl (C=O) groups excluding carboxylic acids is 1. The van der Waals surface area contributed by atoms with E-state index < -0.39 is 0 Å². The Morgan fingerprint density at radius 3 is 2.38 bits per heavy atom. The predicted octanol–water partition coefficient (Wildman–Crippen LogP) is 4.73. The molecule has 0 bridgehead atoms. The van der Waals surface area contributed by atoms with Crippen molar-refractivity contribution in [2.24, 2.45) is 0 Å². The van der Waals surface area contributed by atoms with Gasteiger partial charge in [-0.25, -0.2) is 4.98 Å². The molecule has 0 aliphatic heterocycles. The number of aromatic nitrogens is 1. The number of halogens is 1. The molecule has 4 nitrogen and oxygen atoms in total. The molecule has 3 rings (SSSR count). The lowest BCUT2D eigenvalue weighted by atomic mass is 10.2. The summed E-state index contributed by atoms with van der Waals surface area (Å²) in [5, 5.41) is 5.42. The number of rotatable bonds is 4. The van der Waals surface area contributed by atoms with Crippen LogP contribution in [0.4, 0.5) is 10.8 Å². The molecule has 0 saturated heterocycles. The summed E-state index contributed by atoms with van der Waals surface area (Å²) in [7, 11) is 3.94. The second-order valence-corrected chi connectivity index (χ2v) is 7.54. The number of nitrogens with one attached hydrogen (secondary N) is 1. The van der Waals surface area contributed by atoms with E-state index in [-0.39, 0.29) is 5.91 Å². The summed E-state index contributed by atoms with van der Waals surface area (Å²) in [6.07, 6.45) is 0. The Kier molecular flexibility index (Phi) is 5.15. The Bertz CT molecular complexity index is 841. The molecule has 0 fully saturated rings. The molecule has 1 heterocycles. The minimum Gasteiger partial charge on any atom is -0.378 e. The third kappa shape index (κ3) is 3.93. The van der Waals surface area contributed by atoms with Crippen LogP contribution in [-0.4, -0.2) is 25.0 Å². The van der Waals surface area contributed by atoms with Gasteiger partial charge in [0.25, 0.3) is 5.91 Å².